The number of aromatic nitrogens is 2. The second-order valence-corrected chi connectivity index (χ2v) is 12.0. The van der Waals surface area contributed by atoms with Crippen LogP contribution in [0.2, 0.25) is 0 Å². The molecule has 0 aliphatic carbocycles. The quantitative estimate of drug-likeness (QED) is 0.114. The highest BCUT2D eigenvalue weighted by Gasteiger charge is 2.37. The largest absolute Gasteiger partial charge is 0.338 e. The third-order valence-corrected chi connectivity index (χ3v) is 9.29. The highest BCUT2D eigenvalue weighted by molar-refractivity contribution is 6.37. The number of carbonyl (C=O) groups excluding carboxylic acids is 4. The van der Waals surface area contributed by atoms with Gasteiger partial charge in [0.2, 0.25) is 0 Å². The van der Waals surface area contributed by atoms with Gasteiger partial charge < -0.3 is 4.98 Å². The van der Waals surface area contributed by atoms with Crippen LogP contribution < -0.4 is 9.80 Å². The van der Waals surface area contributed by atoms with Crippen molar-refractivity contribution in [1.29, 1.82) is 0 Å². The Hall–Kier alpha value is -7.61. The molecule has 14 nitrogen and oxygen atoms in total. The molecule has 2 aliphatic rings. The lowest BCUT2D eigenvalue weighted by atomic mass is 9.92. The van der Waals surface area contributed by atoms with Crippen LogP contribution in [-0.4, -0.2) is 43.4 Å². The number of non-ortho nitro benzene ring substituents is 2. The molecule has 14 heteroatoms. The Balaban J connectivity index is 1.03. The van der Waals surface area contributed by atoms with Gasteiger partial charge in [-0.3, -0.25) is 39.4 Å². The molecule has 0 atom stereocenters. The van der Waals surface area contributed by atoms with Gasteiger partial charge in [0.15, 0.2) is 0 Å². The number of nitro groups is 2. The van der Waals surface area contributed by atoms with Crippen molar-refractivity contribution in [3.63, 3.8) is 0 Å². The van der Waals surface area contributed by atoms with Gasteiger partial charge in [-0.1, -0.05) is 12.1 Å². The molecule has 244 valence electrons. The average Bonchev–Trinajstić information content (AvgIpc) is 3.56. The molecule has 7 aromatic rings. The normalized spacial score (nSPS) is 13.9. The van der Waals surface area contributed by atoms with Gasteiger partial charge in [-0.25, -0.2) is 14.8 Å². The Morgan fingerprint density at radius 2 is 1.02 bits per heavy atom. The maximum Gasteiger partial charge on any atom is 0.277 e. The van der Waals surface area contributed by atoms with Crippen LogP contribution in [0.1, 0.15) is 41.4 Å². The number of nitrogens with zero attached hydrogens (tertiary/aromatic N) is 5. The van der Waals surface area contributed by atoms with E-state index >= 15 is 0 Å². The summed E-state index contributed by atoms with van der Waals surface area (Å²) in [5.74, 6) is -2.02. The van der Waals surface area contributed by atoms with Crippen molar-refractivity contribution >= 4 is 79.0 Å². The van der Waals surface area contributed by atoms with Gasteiger partial charge >= 0.3 is 0 Å². The van der Waals surface area contributed by atoms with E-state index in [4.69, 9.17) is 0 Å². The fourth-order valence-corrected chi connectivity index (χ4v) is 6.99. The van der Waals surface area contributed by atoms with E-state index in [-0.39, 0.29) is 66.5 Å². The molecule has 0 saturated heterocycles. The summed E-state index contributed by atoms with van der Waals surface area (Å²) in [6.07, 6.45) is 0. The van der Waals surface area contributed by atoms with Crippen molar-refractivity contribution in [3.8, 4) is 11.4 Å². The van der Waals surface area contributed by atoms with Gasteiger partial charge in [0, 0.05) is 50.7 Å². The van der Waals surface area contributed by atoms with Crippen LogP contribution in [0.5, 0.6) is 0 Å². The summed E-state index contributed by atoms with van der Waals surface area (Å²) >= 11 is 0. The second-order valence-electron chi connectivity index (χ2n) is 12.0. The molecule has 0 radical (unpaired) electrons. The summed E-state index contributed by atoms with van der Waals surface area (Å²) in [5.41, 5.74) is 2.51. The number of rotatable bonds is 5. The van der Waals surface area contributed by atoms with E-state index < -0.39 is 33.5 Å². The van der Waals surface area contributed by atoms with Gasteiger partial charge in [0.25, 0.3) is 35.0 Å². The van der Waals surface area contributed by atoms with Crippen molar-refractivity contribution in [2.75, 3.05) is 9.80 Å². The molecule has 0 saturated carbocycles. The lowest BCUT2D eigenvalue weighted by molar-refractivity contribution is -0.383. The molecular weight excluding hydrogens is 656 g/mol. The number of benzene rings is 6. The topological polar surface area (TPSA) is 190 Å². The van der Waals surface area contributed by atoms with Crippen LogP contribution in [0.4, 0.5) is 22.7 Å². The summed E-state index contributed by atoms with van der Waals surface area (Å²) in [4.78, 5) is 86.5. The number of nitrogens with one attached hydrogen (secondary N) is 1. The number of nitro benzene ring substituents is 2. The summed E-state index contributed by atoms with van der Waals surface area (Å²) in [6, 6.07) is 25.8. The van der Waals surface area contributed by atoms with E-state index in [2.05, 4.69) is 9.97 Å². The smallest absolute Gasteiger partial charge is 0.277 e. The molecule has 4 amide bonds. The van der Waals surface area contributed by atoms with Gasteiger partial charge in [-0.05, 0) is 78.9 Å². The number of imidazole rings is 1. The Kier molecular flexibility index (Phi) is 6.05. The molecule has 0 bridgehead atoms. The zero-order chi connectivity index (χ0) is 35.3. The Bertz CT molecular complexity index is 2760. The van der Waals surface area contributed by atoms with E-state index in [1.54, 1.807) is 54.6 Å². The first-order valence-corrected chi connectivity index (χ1v) is 15.4. The number of aromatic amines is 1. The van der Waals surface area contributed by atoms with E-state index in [1.807, 2.05) is 0 Å². The predicted octanol–water partition coefficient (Wildman–Crippen LogP) is 6.95. The van der Waals surface area contributed by atoms with Gasteiger partial charge in [-0.15, -0.1) is 0 Å². The van der Waals surface area contributed by atoms with E-state index in [0.717, 1.165) is 9.80 Å². The van der Waals surface area contributed by atoms with E-state index in [1.165, 1.54) is 48.5 Å². The fourth-order valence-electron chi connectivity index (χ4n) is 6.99. The van der Waals surface area contributed by atoms with Gasteiger partial charge in [0.05, 0.1) is 43.0 Å². The number of H-pyrrole nitrogens is 1. The maximum atomic E-state index is 13.7. The summed E-state index contributed by atoms with van der Waals surface area (Å²) in [6.45, 7) is 0. The SMILES string of the molecule is O=C1c2cccc3c([N+](=O)[O-])ccc(c23)C(=O)N1c1ccc(-c2nc3ccc(N4C(=O)c5cccc6c([N+](=O)[O-])ccc(c56)C4=O)cc3[nH]2)cc1. The molecule has 0 unspecified atom stereocenters. The first kappa shape index (κ1) is 29.5. The van der Waals surface area contributed by atoms with E-state index in [9.17, 15) is 39.4 Å². The molecule has 2 aliphatic heterocycles. The predicted molar refractivity (Wildman–Crippen MR) is 185 cm³/mol. The summed E-state index contributed by atoms with van der Waals surface area (Å²) < 4.78 is 0. The molecule has 9 rings (SSSR count). The lowest BCUT2D eigenvalue weighted by Gasteiger charge is -2.27. The summed E-state index contributed by atoms with van der Waals surface area (Å²) in [7, 11) is 0. The maximum absolute atomic E-state index is 13.7. The van der Waals surface area contributed by atoms with Crippen LogP contribution in [-0.2, 0) is 0 Å². The Labute approximate surface area is 284 Å². The third kappa shape index (κ3) is 4.13. The fraction of sp³-hybridized carbons (Fsp3) is 0. The molecule has 0 fully saturated rings. The number of imide groups is 2. The Morgan fingerprint density at radius 1 is 0.549 bits per heavy atom. The number of fused-ring (bicyclic) bond motifs is 1. The Morgan fingerprint density at radius 3 is 1.53 bits per heavy atom. The van der Waals surface area contributed by atoms with E-state index in [0.29, 0.717) is 22.4 Å². The van der Waals surface area contributed by atoms with Gasteiger partial charge in [0.1, 0.15) is 5.82 Å². The van der Waals surface area contributed by atoms with Crippen molar-refractivity contribution in [1.82, 2.24) is 9.97 Å². The molecular formula is C37H18N6O8. The van der Waals surface area contributed by atoms with Crippen LogP contribution in [0, 0.1) is 20.2 Å². The molecule has 1 N–H and O–H groups in total. The van der Waals surface area contributed by atoms with Crippen LogP contribution in [0.25, 0.3) is 44.0 Å². The van der Waals surface area contributed by atoms with Crippen molar-refractivity contribution in [2.45, 2.75) is 0 Å². The minimum Gasteiger partial charge on any atom is -0.338 e. The highest BCUT2D eigenvalue weighted by atomic mass is 16.6. The monoisotopic (exact) mass is 674 g/mol. The minimum absolute atomic E-state index is 0.170. The third-order valence-electron chi connectivity index (χ3n) is 9.29. The number of hydrogen-bond donors (Lipinski definition) is 1. The first-order chi connectivity index (χ1) is 24.6. The summed E-state index contributed by atoms with van der Waals surface area (Å²) in [5, 5.41) is 24.1. The van der Waals surface area contributed by atoms with Crippen molar-refractivity contribution < 1.29 is 29.0 Å². The number of anilines is 2. The first-order valence-electron chi connectivity index (χ1n) is 15.4. The van der Waals surface area contributed by atoms with Crippen molar-refractivity contribution in [3.05, 3.63) is 146 Å². The zero-order valence-corrected chi connectivity index (χ0v) is 25.8. The molecule has 3 heterocycles. The van der Waals surface area contributed by atoms with Crippen LogP contribution in [0.15, 0.2) is 103 Å². The van der Waals surface area contributed by atoms with Crippen LogP contribution in [0.3, 0.4) is 0 Å². The number of hydrogen-bond acceptors (Lipinski definition) is 9. The zero-order valence-electron chi connectivity index (χ0n) is 25.8. The van der Waals surface area contributed by atoms with Crippen molar-refractivity contribution in [2.24, 2.45) is 0 Å². The minimum atomic E-state index is -0.618. The number of carbonyl (C=O) groups is 4. The van der Waals surface area contributed by atoms with Gasteiger partial charge in [-0.2, -0.15) is 0 Å². The highest BCUT2D eigenvalue weighted by Crippen LogP contribution is 2.39. The standard InChI is InChI=1S/C37H18N6O8/c44-34-23-5-1-3-21-29(42(48)49)15-12-25(31(21)23)36(46)40(34)19-9-7-18(8-10-19)33-38-27-14-11-20(17-28(27)39-33)41-35(45)24-6-2-4-22-30(43(50)51)16-13-26(32(22)24)37(41)47/h1-17H,(H,38,39). The second kappa shape index (κ2) is 10.4. The van der Waals surface area contributed by atoms with Crippen LogP contribution >= 0.6 is 0 Å². The lowest BCUT2D eigenvalue weighted by Crippen LogP contribution is -2.40. The number of amides is 4. The molecule has 1 aromatic heterocycles. The molecule has 51 heavy (non-hydrogen) atoms. The average molecular weight is 675 g/mol. The molecule has 0 spiro atoms. The molecule has 6 aromatic carbocycles.